The third-order valence-electron chi connectivity index (χ3n) is 1.67. The highest BCUT2D eigenvalue weighted by atomic mass is 19.3. The predicted molar refractivity (Wildman–Crippen MR) is 62.8 cm³/mol. The van der Waals surface area contributed by atoms with Crippen molar-refractivity contribution < 1.29 is 27.0 Å². The zero-order valence-corrected chi connectivity index (χ0v) is 11.1. The van der Waals surface area contributed by atoms with Gasteiger partial charge in [0.1, 0.15) is 0 Å². The molecule has 0 heterocycles. The molecule has 0 aliphatic carbocycles. The van der Waals surface area contributed by atoms with Gasteiger partial charge in [0, 0.05) is 26.4 Å². The standard InChI is InChI=1S/C7H12F2O.C5H8F2O/c1-3-4-5-6-7(8,9)10-2;1-3-4-5(6,7)8-2/h5-6H,3-4H2,1-2H3;3-4H,1-2H3/b6-5+;4-3+. The average Bonchev–Trinajstić information content (AvgIpc) is 2.30. The molecular formula is C12H20F4O2. The van der Waals surface area contributed by atoms with Crippen LogP contribution in [-0.4, -0.2) is 26.4 Å². The molecule has 0 amide bonds. The lowest BCUT2D eigenvalue weighted by Gasteiger charge is -2.06. The number of hydrogen-bond donors (Lipinski definition) is 0. The van der Waals surface area contributed by atoms with Crippen molar-refractivity contribution >= 4 is 0 Å². The first-order valence-electron chi connectivity index (χ1n) is 5.42. The van der Waals surface area contributed by atoms with Crippen LogP contribution >= 0.6 is 0 Å². The summed E-state index contributed by atoms with van der Waals surface area (Å²) in [5.74, 6) is 0. The maximum atomic E-state index is 12.2. The highest BCUT2D eigenvalue weighted by molar-refractivity contribution is 4.88. The first kappa shape index (κ1) is 19.5. The first-order chi connectivity index (χ1) is 8.24. The van der Waals surface area contributed by atoms with Gasteiger partial charge < -0.3 is 9.47 Å². The number of unbranched alkanes of at least 4 members (excludes halogenated alkanes) is 1. The summed E-state index contributed by atoms with van der Waals surface area (Å²) in [7, 11) is 1.94. The quantitative estimate of drug-likeness (QED) is 0.527. The Morgan fingerprint density at radius 2 is 1.39 bits per heavy atom. The van der Waals surface area contributed by atoms with E-state index in [-0.39, 0.29) is 0 Å². The third-order valence-corrected chi connectivity index (χ3v) is 1.67. The molecule has 0 rings (SSSR count). The minimum absolute atomic E-state index is 0.666. The molecule has 0 saturated heterocycles. The van der Waals surface area contributed by atoms with Gasteiger partial charge in [-0.2, -0.15) is 17.6 Å². The van der Waals surface area contributed by atoms with E-state index in [4.69, 9.17) is 0 Å². The lowest BCUT2D eigenvalue weighted by Crippen LogP contribution is -2.13. The second kappa shape index (κ2) is 10.1. The number of methoxy groups -OCH3 is 2. The zero-order chi connectivity index (χ0) is 14.7. The van der Waals surface area contributed by atoms with Crippen molar-refractivity contribution in [3.63, 3.8) is 0 Å². The molecule has 0 aliphatic heterocycles. The Morgan fingerprint density at radius 1 is 0.944 bits per heavy atom. The summed E-state index contributed by atoms with van der Waals surface area (Å²) in [6.45, 7) is 3.43. The van der Waals surface area contributed by atoms with Crippen LogP contribution in [0.15, 0.2) is 24.3 Å². The summed E-state index contributed by atoms with van der Waals surface area (Å²) in [5, 5.41) is 0. The second-order valence-electron chi connectivity index (χ2n) is 3.22. The van der Waals surface area contributed by atoms with Crippen LogP contribution in [-0.2, 0) is 9.47 Å². The molecule has 0 aliphatic rings. The Hall–Kier alpha value is -0.880. The van der Waals surface area contributed by atoms with Crippen LogP contribution in [0.2, 0.25) is 0 Å². The van der Waals surface area contributed by atoms with Crippen molar-refractivity contribution in [2.45, 2.75) is 38.9 Å². The lowest BCUT2D eigenvalue weighted by molar-refractivity contribution is -0.181. The summed E-state index contributed by atoms with van der Waals surface area (Å²) in [6, 6.07) is 0. The Kier molecular flexibility index (Phi) is 10.9. The van der Waals surface area contributed by atoms with Gasteiger partial charge in [0.15, 0.2) is 0 Å². The van der Waals surface area contributed by atoms with Gasteiger partial charge in [0.25, 0.3) is 0 Å². The maximum Gasteiger partial charge on any atom is 0.376 e. The van der Waals surface area contributed by atoms with Gasteiger partial charge in [-0.25, -0.2) is 0 Å². The molecule has 6 heteroatoms. The summed E-state index contributed by atoms with van der Waals surface area (Å²) >= 11 is 0. The highest BCUT2D eigenvalue weighted by Crippen LogP contribution is 2.15. The van der Waals surface area contributed by atoms with E-state index in [1.165, 1.54) is 19.1 Å². The molecule has 18 heavy (non-hydrogen) atoms. The van der Waals surface area contributed by atoms with Crippen LogP contribution in [0.1, 0.15) is 26.7 Å². The number of hydrogen-bond acceptors (Lipinski definition) is 2. The molecule has 0 N–H and O–H groups in total. The first-order valence-corrected chi connectivity index (χ1v) is 5.42. The summed E-state index contributed by atoms with van der Waals surface area (Å²) in [5.41, 5.74) is 0. The van der Waals surface area contributed by atoms with E-state index in [0.717, 1.165) is 26.7 Å². The van der Waals surface area contributed by atoms with E-state index in [9.17, 15) is 17.6 Å². The van der Waals surface area contributed by atoms with Crippen molar-refractivity contribution in [3.8, 4) is 0 Å². The maximum absolute atomic E-state index is 12.2. The Morgan fingerprint density at radius 3 is 1.67 bits per heavy atom. The molecule has 0 radical (unpaired) electrons. The molecule has 0 spiro atoms. The molecule has 0 fully saturated rings. The fourth-order valence-electron chi connectivity index (χ4n) is 0.717. The highest BCUT2D eigenvalue weighted by Gasteiger charge is 2.22. The molecule has 0 aromatic rings. The van der Waals surface area contributed by atoms with Gasteiger partial charge in [-0.3, -0.25) is 0 Å². The van der Waals surface area contributed by atoms with Crippen LogP contribution in [0.4, 0.5) is 17.6 Å². The number of rotatable bonds is 6. The van der Waals surface area contributed by atoms with Crippen LogP contribution < -0.4 is 0 Å². The van der Waals surface area contributed by atoms with Gasteiger partial charge in [-0.1, -0.05) is 25.5 Å². The fourth-order valence-corrected chi connectivity index (χ4v) is 0.717. The van der Waals surface area contributed by atoms with Crippen LogP contribution in [0.5, 0.6) is 0 Å². The van der Waals surface area contributed by atoms with E-state index in [1.54, 1.807) is 0 Å². The van der Waals surface area contributed by atoms with Crippen LogP contribution in [0, 0.1) is 0 Å². The molecule has 0 bridgehead atoms. The third kappa shape index (κ3) is 13.2. The number of alkyl halides is 4. The van der Waals surface area contributed by atoms with Crippen molar-refractivity contribution in [1.29, 1.82) is 0 Å². The van der Waals surface area contributed by atoms with E-state index in [0.29, 0.717) is 12.5 Å². The van der Waals surface area contributed by atoms with E-state index >= 15 is 0 Å². The molecule has 0 atom stereocenters. The van der Waals surface area contributed by atoms with E-state index < -0.39 is 12.2 Å². The molecule has 0 aromatic carbocycles. The van der Waals surface area contributed by atoms with Crippen LogP contribution in [0.3, 0.4) is 0 Å². The van der Waals surface area contributed by atoms with E-state index in [1.807, 2.05) is 6.92 Å². The molecule has 0 unspecified atom stereocenters. The number of halogens is 4. The van der Waals surface area contributed by atoms with Gasteiger partial charge >= 0.3 is 12.2 Å². The Labute approximate surface area is 105 Å². The van der Waals surface area contributed by atoms with Gasteiger partial charge in [-0.05, 0) is 13.3 Å². The molecule has 0 saturated carbocycles. The molecule has 2 nitrogen and oxygen atoms in total. The zero-order valence-electron chi connectivity index (χ0n) is 11.1. The Bertz CT molecular complexity index is 250. The summed E-state index contributed by atoms with van der Waals surface area (Å²) < 4.78 is 55.6. The Balaban J connectivity index is 0. The topological polar surface area (TPSA) is 18.5 Å². The molecule has 108 valence electrons. The minimum Gasteiger partial charge on any atom is -0.320 e. The molecular weight excluding hydrogens is 252 g/mol. The van der Waals surface area contributed by atoms with Crippen molar-refractivity contribution in [1.82, 2.24) is 0 Å². The normalized spacial score (nSPS) is 12.9. The van der Waals surface area contributed by atoms with Gasteiger partial charge in [0.05, 0.1) is 0 Å². The summed E-state index contributed by atoms with van der Waals surface area (Å²) in [6.07, 6.45) is -0.518. The fraction of sp³-hybridized carbons (Fsp3) is 0.667. The van der Waals surface area contributed by atoms with Gasteiger partial charge in [-0.15, -0.1) is 0 Å². The van der Waals surface area contributed by atoms with Gasteiger partial charge in [0.2, 0.25) is 0 Å². The number of ether oxygens (including phenoxy) is 2. The van der Waals surface area contributed by atoms with Crippen molar-refractivity contribution in [3.05, 3.63) is 24.3 Å². The predicted octanol–water partition coefficient (Wildman–Crippen LogP) is 4.38. The number of allylic oxidation sites excluding steroid dienone is 2. The largest absolute Gasteiger partial charge is 0.376 e. The lowest BCUT2D eigenvalue weighted by atomic mass is 10.3. The average molecular weight is 272 g/mol. The SMILES string of the molecule is C/C=C/C(F)(F)OC.CCC/C=C/C(F)(F)OC. The molecule has 0 aromatic heterocycles. The monoisotopic (exact) mass is 272 g/mol. The van der Waals surface area contributed by atoms with Crippen molar-refractivity contribution in [2.24, 2.45) is 0 Å². The second-order valence-corrected chi connectivity index (χ2v) is 3.22. The van der Waals surface area contributed by atoms with E-state index in [2.05, 4.69) is 9.47 Å². The summed E-state index contributed by atoms with van der Waals surface area (Å²) in [4.78, 5) is 0. The van der Waals surface area contributed by atoms with Crippen molar-refractivity contribution in [2.75, 3.05) is 14.2 Å². The minimum atomic E-state index is -3.09. The van der Waals surface area contributed by atoms with Crippen LogP contribution in [0.25, 0.3) is 0 Å². The smallest absolute Gasteiger partial charge is 0.320 e.